The molecule has 0 bridgehead atoms. The van der Waals surface area contributed by atoms with Gasteiger partial charge in [-0.15, -0.1) is 13.2 Å². The first kappa shape index (κ1) is 15.1. The van der Waals surface area contributed by atoms with Gasteiger partial charge in [0, 0.05) is 17.3 Å². The van der Waals surface area contributed by atoms with Gasteiger partial charge in [-0.2, -0.15) is 0 Å². The van der Waals surface area contributed by atoms with Gasteiger partial charge in [-0.25, -0.2) is 4.98 Å². The van der Waals surface area contributed by atoms with E-state index in [1.807, 2.05) is 0 Å². The molecule has 8 heteroatoms. The molecule has 106 valence electrons. The van der Waals surface area contributed by atoms with E-state index < -0.39 is 18.1 Å². The Balaban J connectivity index is 3.21. The second-order valence-corrected chi connectivity index (χ2v) is 3.53. The van der Waals surface area contributed by atoms with Crippen molar-refractivity contribution < 1.29 is 32.2 Å². The third-order valence-corrected chi connectivity index (χ3v) is 2.25. The molecule has 0 aliphatic carbocycles. The average molecular weight is 279 g/mol. The summed E-state index contributed by atoms with van der Waals surface area (Å²) in [4.78, 5) is 15.1. The minimum Gasteiger partial charge on any atom is -0.481 e. The predicted molar refractivity (Wildman–Crippen MR) is 57.9 cm³/mol. The Morgan fingerprint density at radius 2 is 2.00 bits per heavy atom. The SMILES string of the molecule is COC(=O)Cc1c(OC(F)(F)F)cc(OC)nc1C. The zero-order valence-corrected chi connectivity index (χ0v) is 10.5. The van der Waals surface area contributed by atoms with Crippen molar-refractivity contribution >= 4 is 5.97 Å². The number of methoxy groups -OCH3 is 2. The van der Waals surface area contributed by atoms with Crippen molar-refractivity contribution in [1.82, 2.24) is 4.98 Å². The Labute approximate surface area is 107 Å². The molecule has 0 N–H and O–H groups in total. The summed E-state index contributed by atoms with van der Waals surface area (Å²) in [5, 5.41) is 0. The smallest absolute Gasteiger partial charge is 0.481 e. The van der Waals surface area contributed by atoms with Crippen LogP contribution in [0, 0.1) is 6.92 Å². The summed E-state index contributed by atoms with van der Waals surface area (Å²) in [5.41, 5.74) is 0.203. The molecule has 1 rings (SSSR count). The lowest BCUT2D eigenvalue weighted by molar-refractivity contribution is -0.275. The summed E-state index contributed by atoms with van der Waals surface area (Å²) in [5.74, 6) is -1.25. The van der Waals surface area contributed by atoms with Crippen LogP contribution >= 0.6 is 0 Å². The molecule has 1 aromatic rings. The highest BCUT2D eigenvalue weighted by atomic mass is 19.4. The number of hydrogen-bond acceptors (Lipinski definition) is 5. The lowest BCUT2D eigenvalue weighted by Gasteiger charge is -2.15. The molecule has 1 heterocycles. The van der Waals surface area contributed by atoms with Crippen LogP contribution in [0.2, 0.25) is 0 Å². The number of halogens is 3. The molecule has 0 fully saturated rings. The number of nitrogens with zero attached hydrogens (tertiary/aromatic N) is 1. The van der Waals surface area contributed by atoms with Crippen LogP contribution in [0.15, 0.2) is 6.07 Å². The molecular weight excluding hydrogens is 267 g/mol. The first-order chi connectivity index (χ1) is 8.76. The maximum Gasteiger partial charge on any atom is 0.573 e. The molecule has 0 aromatic carbocycles. The summed E-state index contributed by atoms with van der Waals surface area (Å²) >= 11 is 0. The molecule has 0 atom stereocenters. The summed E-state index contributed by atoms with van der Waals surface area (Å²) in [6, 6.07) is 0.971. The molecule has 0 spiro atoms. The third-order valence-electron chi connectivity index (χ3n) is 2.25. The van der Waals surface area contributed by atoms with Crippen LogP contribution in [-0.2, 0) is 16.0 Å². The molecule has 5 nitrogen and oxygen atoms in total. The molecule has 0 radical (unpaired) electrons. The number of carbonyl (C=O) groups is 1. The Morgan fingerprint density at radius 3 is 2.47 bits per heavy atom. The minimum atomic E-state index is -4.87. The topological polar surface area (TPSA) is 57.7 Å². The van der Waals surface area contributed by atoms with Crippen molar-refractivity contribution in [1.29, 1.82) is 0 Å². The van der Waals surface area contributed by atoms with Gasteiger partial charge in [-0.3, -0.25) is 4.79 Å². The summed E-state index contributed by atoms with van der Waals surface area (Å²) in [6.45, 7) is 1.45. The molecule has 1 aromatic heterocycles. The van der Waals surface area contributed by atoms with Crippen LogP contribution in [0.25, 0.3) is 0 Å². The Morgan fingerprint density at radius 1 is 1.37 bits per heavy atom. The molecule has 0 aliphatic heterocycles. The van der Waals surface area contributed by atoms with Gasteiger partial charge in [0.15, 0.2) is 0 Å². The fourth-order valence-electron chi connectivity index (χ4n) is 1.39. The van der Waals surface area contributed by atoms with E-state index in [0.717, 1.165) is 13.2 Å². The number of alkyl halides is 3. The first-order valence-electron chi connectivity index (χ1n) is 5.14. The number of pyridine rings is 1. The van der Waals surface area contributed by atoms with Crippen LogP contribution in [0.1, 0.15) is 11.3 Å². The van der Waals surface area contributed by atoms with E-state index >= 15 is 0 Å². The quantitative estimate of drug-likeness (QED) is 0.789. The minimum absolute atomic E-state index is 0.00461. The van der Waals surface area contributed by atoms with Crippen molar-refractivity contribution in [3.63, 3.8) is 0 Å². The molecule has 0 unspecified atom stereocenters. The highest BCUT2D eigenvalue weighted by molar-refractivity contribution is 5.74. The van der Waals surface area contributed by atoms with Crippen molar-refractivity contribution in [3.05, 3.63) is 17.3 Å². The summed E-state index contributed by atoms with van der Waals surface area (Å²) in [6.07, 6.45) is -5.24. The second kappa shape index (κ2) is 5.77. The fourth-order valence-corrected chi connectivity index (χ4v) is 1.39. The molecular formula is C11H12F3NO4. The molecule has 0 saturated carbocycles. The highest BCUT2D eigenvalue weighted by Gasteiger charge is 2.33. The fraction of sp³-hybridized carbons (Fsp3) is 0.455. The van der Waals surface area contributed by atoms with E-state index in [2.05, 4.69) is 14.5 Å². The first-order valence-corrected chi connectivity index (χ1v) is 5.14. The average Bonchev–Trinajstić information content (AvgIpc) is 2.30. The van der Waals surface area contributed by atoms with E-state index in [-0.39, 0.29) is 23.6 Å². The molecule has 19 heavy (non-hydrogen) atoms. The van der Waals surface area contributed by atoms with Gasteiger partial charge in [-0.05, 0) is 6.92 Å². The van der Waals surface area contributed by atoms with Crippen LogP contribution in [0.3, 0.4) is 0 Å². The van der Waals surface area contributed by atoms with Gasteiger partial charge < -0.3 is 14.2 Å². The molecule has 0 amide bonds. The van der Waals surface area contributed by atoms with Crippen LogP contribution in [-0.4, -0.2) is 31.5 Å². The maximum absolute atomic E-state index is 12.3. The maximum atomic E-state index is 12.3. The number of rotatable bonds is 4. The Kier molecular flexibility index (Phi) is 4.57. The van der Waals surface area contributed by atoms with Crippen molar-refractivity contribution in [2.45, 2.75) is 19.7 Å². The van der Waals surface area contributed by atoms with Crippen LogP contribution in [0.4, 0.5) is 13.2 Å². The lowest BCUT2D eigenvalue weighted by atomic mass is 10.1. The number of aromatic nitrogens is 1. The zero-order chi connectivity index (χ0) is 14.6. The van der Waals surface area contributed by atoms with Gasteiger partial charge in [0.25, 0.3) is 0 Å². The number of hydrogen-bond donors (Lipinski definition) is 0. The van der Waals surface area contributed by atoms with E-state index in [0.29, 0.717) is 0 Å². The standard InChI is InChI=1S/C11H12F3NO4/c1-6-7(4-10(16)18-3)8(19-11(12,13)14)5-9(15-6)17-2/h5H,4H2,1-3H3. The number of carbonyl (C=O) groups excluding carboxylic acids is 1. The zero-order valence-electron chi connectivity index (χ0n) is 10.5. The summed E-state index contributed by atoms with van der Waals surface area (Å²) < 4.78 is 50.0. The number of aryl methyl sites for hydroxylation is 1. The van der Waals surface area contributed by atoms with E-state index in [9.17, 15) is 18.0 Å². The molecule has 0 aliphatic rings. The third kappa shape index (κ3) is 4.31. The van der Waals surface area contributed by atoms with Crippen molar-refractivity contribution in [2.24, 2.45) is 0 Å². The van der Waals surface area contributed by atoms with E-state index in [1.165, 1.54) is 14.0 Å². The van der Waals surface area contributed by atoms with E-state index in [4.69, 9.17) is 4.74 Å². The van der Waals surface area contributed by atoms with Crippen molar-refractivity contribution in [3.8, 4) is 11.6 Å². The van der Waals surface area contributed by atoms with Gasteiger partial charge in [0.05, 0.1) is 20.6 Å². The lowest BCUT2D eigenvalue weighted by Crippen LogP contribution is -2.20. The van der Waals surface area contributed by atoms with Gasteiger partial charge >= 0.3 is 12.3 Å². The monoisotopic (exact) mass is 279 g/mol. The normalized spacial score (nSPS) is 11.1. The Hall–Kier alpha value is -1.99. The highest BCUT2D eigenvalue weighted by Crippen LogP contribution is 2.31. The number of esters is 1. The second-order valence-electron chi connectivity index (χ2n) is 3.53. The van der Waals surface area contributed by atoms with Crippen LogP contribution in [0.5, 0.6) is 11.6 Å². The summed E-state index contributed by atoms with van der Waals surface area (Å²) in [7, 11) is 2.40. The van der Waals surface area contributed by atoms with Gasteiger partial charge in [0.1, 0.15) is 5.75 Å². The van der Waals surface area contributed by atoms with Gasteiger partial charge in [0.2, 0.25) is 5.88 Å². The predicted octanol–water partition coefficient (Wildman–Crippen LogP) is 2.01. The number of ether oxygens (including phenoxy) is 3. The van der Waals surface area contributed by atoms with Crippen molar-refractivity contribution in [2.75, 3.05) is 14.2 Å². The van der Waals surface area contributed by atoms with E-state index in [1.54, 1.807) is 0 Å². The Bertz CT molecular complexity index is 474. The van der Waals surface area contributed by atoms with Gasteiger partial charge in [-0.1, -0.05) is 0 Å². The van der Waals surface area contributed by atoms with Crippen LogP contribution < -0.4 is 9.47 Å². The molecule has 0 saturated heterocycles. The largest absolute Gasteiger partial charge is 0.573 e.